The third-order valence-corrected chi connectivity index (χ3v) is 5.27. The van der Waals surface area contributed by atoms with E-state index in [1.54, 1.807) is 0 Å². The average Bonchev–Trinajstić information content (AvgIpc) is 2.76. The lowest BCUT2D eigenvalue weighted by molar-refractivity contribution is -0.130. The topological polar surface area (TPSA) is 38.3 Å². The van der Waals surface area contributed by atoms with Gasteiger partial charge in [0.1, 0.15) is 5.75 Å². The van der Waals surface area contributed by atoms with Gasteiger partial charge in [-0.1, -0.05) is 13.0 Å². The van der Waals surface area contributed by atoms with Crippen molar-refractivity contribution in [2.24, 2.45) is 0 Å². The normalized spacial score (nSPS) is 29.9. The molecular weight excluding hydrogens is 246 g/mol. The summed E-state index contributed by atoms with van der Waals surface area (Å²) >= 11 is 1.84. The molecule has 2 atom stereocenters. The molecule has 0 aromatic heterocycles. The van der Waals surface area contributed by atoms with Gasteiger partial charge in [0.15, 0.2) is 5.60 Å². The summed E-state index contributed by atoms with van der Waals surface area (Å²) in [6.07, 6.45) is 1.90. The Morgan fingerprint density at radius 3 is 3.11 bits per heavy atom. The number of hydrogen-bond acceptors (Lipinski definition) is 3. The van der Waals surface area contributed by atoms with Crippen molar-refractivity contribution in [3.63, 3.8) is 0 Å². The number of hydrogen-bond donors (Lipinski definition) is 1. The van der Waals surface area contributed by atoms with E-state index in [9.17, 15) is 4.79 Å². The molecule has 1 fully saturated rings. The summed E-state index contributed by atoms with van der Waals surface area (Å²) in [6.45, 7) is 4.17. The second kappa shape index (κ2) is 4.19. The van der Waals surface area contributed by atoms with Crippen LogP contribution in [0.1, 0.15) is 25.3 Å². The van der Waals surface area contributed by atoms with Gasteiger partial charge in [0.25, 0.3) is 5.91 Å². The van der Waals surface area contributed by atoms with Crippen molar-refractivity contribution in [2.45, 2.75) is 37.5 Å². The van der Waals surface area contributed by atoms with Gasteiger partial charge in [0.2, 0.25) is 0 Å². The van der Waals surface area contributed by atoms with E-state index in [0.29, 0.717) is 5.25 Å². The van der Waals surface area contributed by atoms with Crippen LogP contribution in [0.15, 0.2) is 18.2 Å². The highest BCUT2D eigenvalue weighted by Gasteiger charge is 2.50. The Hall–Kier alpha value is -1.16. The van der Waals surface area contributed by atoms with Gasteiger partial charge < -0.3 is 10.1 Å². The molecule has 1 spiro atoms. The second-order valence-electron chi connectivity index (χ2n) is 5.10. The number of aryl methyl sites for hydroxylation is 1. The van der Waals surface area contributed by atoms with Crippen LogP contribution in [0.3, 0.4) is 0 Å². The highest BCUT2D eigenvalue weighted by molar-refractivity contribution is 8.00. The summed E-state index contributed by atoms with van der Waals surface area (Å²) in [4.78, 5) is 12.3. The summed E-state index contributed by atoms with van der Waals surface area (Å²) in [5.41, 5.74) is 1.28. The lowest BCUT2D eigenvalue weighted by Gasteiger charge is -2.34. The fraction of sp³-hybridized carbons (Fsp3) is 0.500. The van der Waals surface area contributed by atoms with Gasteiger partial charge >= 0.3 is 0 Å². The number of nitrogens with one attached hydrogen (secondary N) is 1. The standard InChI is InChI=1S/C14H17NO2S/c1-3-10-7-14(8-18-10)13(16)15-11-6-9(2)4-5-12(11)17-14/h4-6,10H,3,7-8H2,1-2H3,(H,15,16). The maximum Gasteiger partial charge on any atom is 0.269 e. The lowest BCUT2D eigenvalue weighted by Crippen LogP contribution is -2.51. The Bertz CT molecular complexity index is 503. The molecule has 1 amide bonds. The third-order valence-electron chi connectivity index (χ3n) is 3.67. The molecule has 0 bridgehead atoms. The molecule has 0 aliphatic carbocycles. The van der Waals surface area contributed by atoms with Gasteiger partial charge in [-0.2, -0.15) is 11.8 Å². The number of ether oxygens (including phenoxy) is 1. The van der Waals surface area contributed by atoms with E-state index in [-0.39, 0.29) is 5.91 Å². The first-order chi connectivity index (χ1) is 8.63. The predicted octanol–water partition coefficient (Wildman–Crippen LogP) is 2.98. The highest BCUT2D eigenvalue weighted by Crippen LogP contribution is 2.44. The van der Waals surface area contributed by atoms with Crippen molar-refractivity contribution in [2.75, 3.05) is 11.1 Å². The summed E-state index contributed by atoms with van der Waals surface area (Å²) in [6, 6.07) is 5.93. The van der Waals surface area contributed by atoms with Crippen LogP contribution in [-0.4, -0.2) is 22.5 Å². The van der Waals surface area contributed by atoms with Gasteiger partial charge in [-0.15, -0.1) is 0 Å². The van der Waals surface area contributed by atoms with Crippen LogP contribution in [0.5, 0.6) is 5.75 Å². The first kappa shape index (κ1) is 11.9. The van der Waals surface area contributed by atoms with Crippen LogP contribution in [-0.2, 0) is 4.79 Å². The van der Waals surface area contributed by atoms with E-state index in [1.807, 2.05) is 36.9 Å². The number of carbonyl (C=O) groups excluding carboxylic acids is 1. The van der Waals surface area contributed by atoms with Crippen LogP contribution in [0.25, 0.3) is 0 Å². The smallest absolute Gasteiger partial charge is 0.269 e. The molecule has 96 valence electrons. The summed E-state index contributed by atoms with van der Waals surface area (Å²) in [5.74, 6) is 1.58. The molecular formula is C14H17NO2S. The van der Waals surface area contributed by atoms with Gasteiger partial charge in [-0.25, -0.2) is 0 Å². The molecule has 2 aliphatic rings. The predicted molar refractivity (Wildman–Crippen MR) is 74.3 cm³/mol. The SMILES string of the molecule is CCC1CC2(CS1)Oc1ccc(C)cc1NC2=O. The fourth-order valence-corrected chi connectivity index (χ4v) is 3.99. The molecule has 1 aromatic carbocycles. The molecule has 3 nitrogen and oxygen atoms in total. The third kappa shape index (κ3) is 1.79. The maximum atomic E-state index is 12.3. The molecule has 2 unspecified atom stereocenters. The zero-order valence-corrected chi connectivity index (χ0v) is 11.5. The largest absolute Gasteiger partial charge is 0.474 e. The molecule has 2 aliphatic heterocycles. The maximum absolute atomic E-state index is 12.3. The summed E-state index contributed by atoms with van der Waals surface area (Å²) in [5, 5.41) is 3.53. The van der Waals surface area contributed by atoms with Crippen LogP contribution >= 0.6 is 11.8 Å². The van der Waals surface area contributed by atoms with E-state index < -0.39 is 5.60 Å². The number of fused-ring (bicyclic) bond motifs is 1. The Morgan fingerprint density at radius 1 is 1.56 bits per heavy atom. The van der Waals surface area contributed by atoms with Gasteiger partial charge in [0, 0.05) is 17.4 Å². The molecule has 0 radical (unpaired) electrons. The van der Waals surface area contributed by atoms with E-state index in [4.69, 9.17) is 4.74 Å². The minimum absolute atomic E-state index is 0.0176. The Kier molecular flexibility index (Phi) is 2.77. The fourth-order valence-electron chi connectivity index (χ4n) is 2.55. The molecule has 4 heteroatoms. The summed E-state index contributed by atoms with van der Waals surface area (Å²) < 4.78 is 6.05. The Balaban J connectivity index is 1.93. The molecule has 1 saturated heterocycles. The molecule has 18 heavy (non-hydrogen) atoms. The number of thioether (sulfide) groups is 1. The van der Waals surface area contributed by atoms with E-state index in [0.717, 1.165) is 35.6 Å². The van der Waals surface area contributed by atoms with Crippen molar-refractivity contribution in [3.8, 4) is 5.75 Å². The average molecular weight is 263 g/mol. The molecule has 3 rings (SSSR count). The van der Waals surface area contributed by atoms with Crippen molar-refractivity contribution in [3.05, 3.63) is 23.8 Å². The van der Waals surface area contributed by atoms with Crippen LogP contribution < -0.4 is 10.1 Å². The van der Waals surface area contributed by atoms with Crippen LogP contribution in [0.4, 0.5) is 5.69 Å². The number of amides is 1. The van der Waals surface area contributed by atoms with Gasteiger partial charge in [-0.05, 0) is 31.0 Å². The number of anilines is 1. The Morgan fingerprint density at radius 2 is 2.39 bits per heavy atom. The number of carbonyl (C=O) groups is 1. The first-order valence-corrected chi connectivity index (χ1v) is 7.40. The first-order valence-electron chi connectivity index (χ1n) is 6.36. The van der Waals surface area contributed by atoms with Crippen molar-refractivity contribution in [1.29, 1.82) is 0 Å². The monoisotopic (exact) mass is 263 g/mol. The van der Waals surface area contributed by atoms with E-state index in [2.05, 4.69) is 12.2 Å². The zero-order valence-electron chi connectivity index (χ0n) is 10.7. The highest BCUT2D eigenvalue weighted by atomic mass is 32.2. The zero-order chi connectivity index (χ0) is 12.8. The van der Waals surface area contributed by atoms with Crippen LogP contribution in [0, 0.1) is 6.92 Å². The van der Waals surface area contributed by atoms with Gasteiger partial charge in [0.05, 0.1) is 5.69 Å². The van der Waals surface area contributed by atoms with E-state index >= 15 is 0 Å². The van der Waals surface area contributed by atoms with E-state index in [1.165, 1.54) is 0 Å². The molecule has 2 heterocycles. The Labute approximate surface area is 111 Å². The molecule has 0 saturated carbocycles. The lowest BCUT2D eigenvalue weighted by atomic mass is 9.95. The summed E-state index contributed by atoms with van der Waals surface area (Å²) in [7, 11) is 0. The molecule has 1 aromatic rings. The number of rotatable bonds is 1. The number of benzene rings is 1. The quantitative estimate of drug-likeness (QED) is 0.846. The molecule has 1 N–H and O–H groups in total. The van der Waals surface area contributed by atoms with Gasteiger partial charge in [-0.3, -0.25) is 4.79 Å². The van der Waals surface area contributed by atoms with Crippen molar-refractivity contribution < 1.29 is 9.53 Å². The van der Waals surface area contributed by atoms with Crippen molar-refractivity contribution in [1.82, 2.24) is 0 Å². The minimum Gasteiger partial charge on any atom is -0.474 e. The van der Waals surface area contributed by atoms with Crippen LogP contribution in [0.2, 0.25) is 0 Å². The minimum atomic E-state index is -0.645. The second-order valence-corrected chi connectivity index (χ2v) is 6.38. The van der Waals surface area contributed by atoms with Crippen molar-refractivity contribution >= 4 is 23.4 Å².